The SMILES string of the molecule is COC(=O)c1sc(N2C(=O)C(=O)/C(=C(/O)c3ccc(OC(C)C)cc3)C2c2cccnc2)nc1C. The van der Waals surface area contributed by atoms with E-state index in [0.717, 1.165) is 11.3 Å². The lowest BCUT2D eigenvalue weighted by Crippen LogP contribution is -2.29. The van der Waals surface area contributed by atoms with E-state index >= 15 is 0 Å². The summed E-state index contributed by atoms with van der Waals surface area (Å²) in [6, 6.07) is 8.96. The molecule has 3 heterocycles. The van der Waals surface area contributed by atoms with Crippen molar-refractivity contribution in [3.05, 3.63) is 76.1 Å². The lowest BCUT2D eigenvalue weighted by molar-refractivity contribution is -0.132. The number of esters is 1. The first-order valence-corrected chi connectivity index (χ1v) is 11.6. The van der Waals surface area contributed by atoms with Crippen LogP contribution in [0.15, 0.2) is 54.4 Å². The van der Waals surface area contributed by atoms with Crippen LogP contribution in [0.4, 0.5) is 5.13 Å². The average molecular weight is 494 g/mol. The molecule has 3 aromatic rings. The summed E-state index contributed by atoms with van der Waals surface area (Å²) in [5, 5.41) is 11.3. The number of thiazole rings is 1. The van der Waals surface area contributed by atoms with E-state index < -0.39 is 23.7 Å². The molecule has 180 valence electrons. The first-order chi connectivity index (χ1) is 16.7. The molecule has 1 N–H and O–H groups in total. The normalized spacial score (nSPS) is 17.2. The quantitative estimate of drug-likeness (QED) is 0.236. The number of pyridine rings is 1. The zero-order valence-corrected chi connectivity index (χ0v) is 20.3. The smallest absolute Gasteiger partial charge is 0.350 e. The van der Waals surface area contributed by atoms with E-state index in [0.29, 0.717) is 22.6 Å². The van der Waals surface area contributed by atoms with E-state index in [4.69, 9.17) is 9.47 Å². The van der Waals surface area contributed by atoms with Gasteiger partial charge in [-0.3, -0.25) is 19.5 Å². The van der Waals surface area contributed by atoms with E-state index in [1.54, 1.807) is 49.5 Å². The highest BCUT2D eigenvalue weighted by atomic mass is 32.1. The Balaban J connectivity index is 1.85. The van der Waals surface area contributed by atoms with Crippen molar-refractivity contribution in [1.29, 1.82) is 0 Å². The highest BCUT2D eigenvalue weighted by Gasteiger charge is 2.48. The van der Waals surface area contributed by atoms with E-state index in [9.17, 15) is 19.5 Å². The number of hydrogen-bond acceptors (Lipinski definition) is 9. The van der Waals surface area contributed by atoms with Gasteiger partial charge < -0.3 is 14.6 Å². The summed E-state index contributed by atoms with van der Waals surface area (Å²) >= 11 is 0.937. The fourth-order valence-electron chi connectivity index (χ4n) is 3.77. The molecule has 1 aliphatic heterocycles. The molecular weight excluding hydrogens is 470 g/mol. The number of carbonyl (C=O) groups is 3. The average Bonchev–Trinajstić information content (AvgIpc) is 3.35. The Morgan fingerprint density at radius 3 is 2.49 bits per heavy atom. The summed E-state index contributed by atoms with van der Waals surface area (Å²) in [4.78, 5) is 48.4. The highest BCUT2D eigenvalue weighted by Crippen LogP contribution is 2.43. The number of ether oxygens (including phenoxy) is 2. The number of benzene rings is 1. The molecule has 0 aliphatic carbocycles. The van der Waals surface area contributed by atoms with Crippen molar-refractivity contribution >= 4 is 39.9 Å². The molecule has 0 saturated carbocycles. The van der Waals surface area contributed by atoms with Crippen LogP contribution in [0.3, 0.4) is 0 Å². The predicted octanol–water partition coefficient (Wildman–Crippen LogP) is 4.05. The molecule has 0 spiro atoms. The minimum atomic E-state index is -0.994. The molecule has 1 atom stereocenters. The Hall–Kier alpha value is -4.05. The third kappa shape index (κ3) is 4.52. The van der Waals surface area contributed by atoms with Gasteiger partial charge in [0.05, 0.1) is 30.5 Å². The number of aliphatic hydroxyl groups excluding tert-OH is 1. The standard InChI is InChI=1S/C25H23N3O6S/c1-13(2)34-17-9-7-15(8-10-17)20(29)18-19(16-6-5-11-26-12-16)28(23(31)21(18)30)25-27-14(3)22(35-25)24(32)33-4/h5-13,19,29H,1-4H3/b20-18+. The van der Waals surface area contributed by atoms with E-state index in [2.05, 4.69) is 9.97 Å². The summed E-state index contributed by atoms with van der Waals surface area (Å²) < 4.78 is 10.4. The van der Waals surface area contributed by atoms with Crippen LogP contribution in [0.2, 0.25) is 0 Å². The van der Waals surface area contributed by atoms with Crippen LogP contribution < -0.4 is 9.64 Å². The van der Waals surface area contributed by atoms with Gasteiger partial charge in [0, 0.05) is 18.0 Å². The zero-order valence-electron chi connectivity index (χ0n) is 19.5. The summed E-state index contributed by atoms with van der Waals surface area (Å²) in [7, 11) is 1.25. The Morgan fingerprint density at radius 2 is 1.89 bits per heavy atom. The van der Waals surface area contributed by atoms with Gasteiger partial charge in [-0.1, -0.05) is 17.4 Å². The summed E-state index contributed by atoms with van der Waals surface area (Å²) in [5.41, 5.74) is 1.11. The maximum absolute atomic E-state index is 13.2. The first kappa shape index (κ1) is 24.1. The van der Waals surface area contributed by atoms with Crippen molar-refractivity contribution in [3.63, 3.8) is 0 Å². The lowest BCUT2D eigenvalue weighted by Gasteiger charge is -2.22. The first-order valence-electron chi connectivity index (χ1n) is 10.8. The Labute approximate surface area is 205 Å². The van der Waals surface area contributed by atoms with Gasteiger partial charge in [0.1, 0.15) is 16.4 Å². The van der Waals surface area contributed by atoms with Crippen molar-refractivity contribution < 1.29 is 29.0 Å². The minimum absolute atomic E-state index is 0.0259. The second-order valence-corrected chi connectivity index (χ2v) is 9.03. The molecule has 4 rings (SSSR count). The van der Waals surface area contributed by atoms with Crippen LogP contribution in [0, 0.1) is 6.92 Å². The monoisotopic (exact) mass is 493 g/mol. The maximum Gasteiger partial charge on any atom is 0.350 e. The summed E-state index contributed by atoms with van der Waals surface area (Å²) in [6.45, 7) is 5.41. The number of aryl methyl sites for hydroxylation is 1. The maximum atomic E-state index is 13.2. The van der Waals surface area contributed by atoms with Crippen LogP contribution in [0.5, 0.6) is 5.75 Å². The predicted molar refractivity (Wildman–Crippen MR) is 129 cm³/mol. The number of hydrogen-bond donors (Lipinski definition) is 1. The summed E-state index contributed by atoms with van der Waals surface area (Å²) in [5.74, 6) is -2.06. The molecule has 1 fully saturated rings. The molecule has 35 heavy (non-hydrogen) atoms. The minimum Gasteiger partial charge on any atom is -0.507 e. The molecule has 0 radical (unpaired) electrons. The molecule has 1 aromatic carbocycles. The zero-order chi connectivity index (χ0) is 25.3. The molecular formula is C25H23N3O6S. The fourth-order valence-corrected chi connectivity index (χ4v) is 4.78. The number of nitrogens with zero attached hydrogens (tertiary/aromatic N) is 3. The van der Waals surface area contributed by atoms with Gasteiger partial charge in [-0.15, -0.1) is 0 Å². The molecule has 10 heteroatoms. The number of ketones is 1. The third-order valence-electron chi connectivity index (χ3n) is 5.31. The van der Waals surface area contributed by atoms with Crippen molar-refractivity contribution in [1.82, 2.24) is 9.97 Å². The van der Waals surface area contributed by atoms with Gasteiger partial charge in [0.2, 0.25) is 0 Å². The van der Waals surface area contributed by atoms with Gasteiger partial charge in [0.25, 0.3) is 5.78 Å². The van der Waals surface area contributed by atoms with E-state index in [1.165, 1.54) is 18.2 Å². The third-order valence-corrected chi connectivity index (χ3v) is 6.44. The van der Waals surface area contributed by atoms with Gasteiger partial charge in [0.15, 0.2) is 5.13 Å². The van der Waals surface area contributed by atoms with Gasteiger partial charge in [-0.2, -0.15) is 0 Å². The number of methoxy groups -OCH3 is 1. The summed E-state index contributed by atoms with van der Waals surface area (Å²) in [6.07, 6.45) is 3.05. The van der Waals surface area contributed by atoms with Crippen LogP contribution in [0.25, 0.3) is 5.76 Å². The van der Waals surface area contributed by atoms with Gasteiger partial charge in [-0.05, 0) is 56.7 Å². The number of anilines is 1. The van der Waals surface area contributed by atoms with Crippen LogP contribution in [-0.4, -0.2) is 45.9 Å². The Kier molecular flexibility index (Phi) is 6.65. The second-order valence-electron chi connectivity index (χ2n) is 8.05. The molecule has 1 amide bonds. The van der Waals surface area contributed by atoms with Gasteiger partial charge >= 0.3 is 11.9 Å². The van der Waals surface area contributed by atoms with Crippen LogP contribution in [0.1, 0.15) is 46.4 Å². The molecule has 1 unspecified atom stereocenters. The van der Waals surface area contributed by atoms with E-state index in [-0.39, 0.29) is 27.4 Å². The van der Waals surface area contributed by atoms with E-state index in [1.807, 2.05) is 13.8 Å². The number of Topliss-reactive ketones (excluding diaryl/α,β-unsaturated/α-hetero) is 1. The molecule has 1 aliphatic rings. The van der Waals surface area contributed by atoms with Crippen molar-refractivity contribution in [3.8, 4) is 5.75 Å². The molecule has 1 saturated heterocycles. The van der Waals surface area contributed by atoms with Gasteiger partial charge in [-0.25, -0.2) is 9.78 Å². The topological polar surface area (TPSA) is 119 Å². The molecule has 0 bridgehead atoms. The fraction of sp³-hybridized carbons (Fsp3) is 0.240. The number of aromatic nitrogens is 2. The van der Waals surface area contributed by atoms with Crippen molar-refractivity contribution in [2.24, 2.45) is 0 Å². The number of rotatable bonds is 6. The van der Waals surface area contributed by atoms with Crippen molar-refractivity contribution in [2.45, 2.75) is 32.9 Å². The largest absolute Gasteiger partial charge is 0.507 e. The van der Waals surface area contributed by atoms with Crippen LogP contribution >= 0.6 is 11.3 Å². The van der Waals surface area contributed by atoms with Crippen molar-refractivity contribution in [2.75, 3.05) is 12.0 Å². The second kappa shape index (κ2) is 9.67. The Morgan fingerprint density at radius 1 is 1.17 bits per heavy atom. The molecule has 2 aromatic heterocycles. The number of amides is 1. The number of aliphatic hydroxyl groups is 1. The number of carbonyl (C=O) groups excluding carboxylic acids is 3. The Bertz CT molecular complexity index is 1310. The highest BCUT2D eigenvalue weighted by molar-refractivity contribution is 7.17. The van der Waals surface area contributed by atoms with Crippen LogP contribution in [-0.2, 0) is 14.3 Å². The molecule has 9 nitrogen and oxygen atoms in total. The lowest BCUT2D eigenvalue weighted by atomic mass is 9.96.